The number of hydrogen-bond donors (Lipinski definition) is 3. The normalized spacial score (nSPS) is 12.9. The van der Waals surface area contributed by atoms with Crippen molar-refractivity contribution in [1.29, 1.82) is 0 Å². The first kappa shape index (κ1) is 10.7. The average molecular weight is 192 g/mol. The first-order valence-electron chi connectivity index (χ1n) is 4.43. The van der Waals surface area contributed by atoms with Gasteiger partial charge in [0.25, 0.3) is 0 Å². The molecule has 0 bridgehead atoms. The minimum atomic E-state index is -0.434. The van der Waals surface area contributed by atoms with E-state index in [-0.39, 0.29) is 0 Å². The van der Waals surface area contributed by atoms with Crippen LogP contribution >= 0.6 is 0 Å². The number of nitrogens with one attached hydrogen (secondary N) is 1. The van der Waals surface area contributed by atoms with Crippen LogP contribution in [0.15, 0.2) is 35.4 Å². The average Bonchev–Trinajstić information content (AvgIpc) is 2.20. The summed E-state index contributed by atoms with van der Waals surface area (Å²) in [7, 11) is 0. The van der Waals surface area contributed by atoms with Crippen LogP contribution < -0.4 is 17.1 Å². The monoisotopic (exact) mass is 192 g/mol. The van der Waals surface area contributed by atoms with Crippen molar-refractivity contribution in [2.75, 3.05) is 0 Å². The Morgan fingerprint density at radius 2 is 1.86 bits per heavy atom. The van der Waals surface area contributed by atoms with Crippen LogP contribution in [0.5, 0.6) is 0 Å². The molecule has 1 aromatic carbocycles. The van der Waals surface area contributed by atoms with E-state index in [4.69, 9.17) is 11.7 Å². The molecule has 76 valence electrons. The Bertz CT molecular complexity index is 316. The molecule has 4 heteroatoms. The zero-order valence-electron chi connectivity index (χ0n) is 8.49. The van der Waals surface area contributed by atoms with Gasteiger partial charge in [0.15, 0.2) is 0 Å². The Kier molecular flexibility index (Phi) is 3.22. The summed E-state index contributed by atoms with van der Waals surface area (Å²) in [5.41, 5.74) is 3.95. The van der Waals surface area contributed by atoms with Gasteiger partial charge in [-0.15, -0.1) is 0 Å². The van der Waals surface area contributed by atoms with Crippen molar-refractivity contribution in [1.82, 2.24) is 5.43 Å². The number of benzene rings is 1. The van der Waals surface area contributed by atoms with E-state index in [9.17, 15) is 0 Å². The lowest BCUT2D eigenvalue weighted by atomic mass is 9.93. The van der Waals surface area contributed by atoms with Crippen molar-refractivity contribution in [2.45, 2.75) is 19.4 Å². The Morgan fingerprint density at radius 1 is 1.29 bits per heavy atom. The third-order valence-corrected chi connectivity index (χ3v) is 2.13. The van der Waals surface area contributed by atoms with Gasteiger partial charge in [0.1, 0.15) is 0 Å². The minimum absolute atomic E-state index is 0.434. The van der Waals surface area contributed by atoms with Crippen molar-refractivity contribution in [2.24, 2.45) is 16.8 Å². The molecule has 0 aliphatic heterocycles. The zero-order valence-corrected chi connectivity index (χ0v) is 8.49. The number of rotatable bonds is 3. The van der Waals surface area contributed by atoms with Crippen LogP contribution in [-0.4, -0.2) is 11.3 Å². The molecule has 14 heavy (non-hydrogen) atoms. The first-order chi connectivity index (χ1) is 6.61. The zero-order chi connectivity index (χ0) is 10.6. The van der Waals surface area contributed by atoms with Crippen LogP contribution in [0.25, 0.3) is 0 Å². The van der Waals surface area contributed by atoms with Crippen molar-refractivity contribution in [3.05, 3.63) is 35.9 Å². The van der Waals surface area contributed by atoms with Crippen LogP contribution in [0.1, 0.15) is 19.4 Å². The Morgan fingerprint density at radius 3 is 2.29 bits per heavy atom. The van der Waals surface area contributed by atoms with Crippen molar-refractivity contribution in [3.63, 3.8) is 0 Å². The van der Waals surface area contributed by atoms with Crippen LogP contribution in [0.2, 0.25) is 0 Å². The summed E-state index contributed by atoms with van der Waals surface area (Å²) < 4.78 is 0. The number of hydrogen-bond acceptors (Lipinski definition) is 4. The third-order valence-electron chi connectivity index (χ3n) is 2.13. The molecular formula is C10H16N4. The molecule has 5 N–H and O–H groups in total. The van der Waals surface area contributed by atoms with Gasteiger partial charge in [-0.25, -0.2) is 5.43 Å². The standard InChI is InChI=1S/C10H16N4/c1-10(2,14-12)9(13-11)8-6-4-3-5-7-8/h3-7,14H,11-12H2,1-2H3/b13-9-. The fourth-order valence-electron chi connectivity index (χ4n) is 1.26. The smallest absolute Gasteiger partial charge is 0.0880 e. The summed E-state index contributed by atoms with van der Waals surface area (Å²) in [5.74, 6) is 10.8. The van der Waals surface area contributed by atoms with Crippen LogP contribution in [0, 0.1) is 0 Å². The fourth-order valence-corrected chi connectivity index (χ4v) is 1.26. The van der Waals surface area contributed by atoms with Crippen molar-refractivity contribution < 1.29 is 0 Å². The molecule has 0 aromatic heterocycles. The summed E-state index contributed by atoms with van der Waals surface area (Å²) >= 11 is 0. The maximum absolute atomic E-state index is 5.43. The van der Waals surface area contributed by atoms with E-state index in [0.29, 0.717) is 0 Å². The van der Waals surface area contributed by atoms with E-state index in [1.165, 1.54) is 0 Å². The van der Waals surface area contributed by atoms with Gasteiger partial charge in [-0.3, -0.25) is 5.84 Å². The Labute approximate surface area is 84.0 Å². The molecule has 0 spiro atoms. The summed E-state index contributed by atoms with van der Waals surface area (Å²) in [5, 5.41) is 3.77. The Balaban J connectivity index is 3.07. The molecular weight excluding hydrogens is 176 g/mol. The molecule has 1 aromatic rings. The highest BCUT2D eigenvalue weighted by Crippen LogP contribution is 2.12. The fraction of sp³-hybridized carbons (Fsp3) is 0.300. The lowest BCUT2D eigenvalue weighted by molar-refractivity contribution is 0.523. The number of nitrogens with zero attached hydrogens (tertiary/aromatic N) is 1. The molecule has 0 heterocycles. The maximum atomic E-state index is 5.43. The highest BCUT2D eigenvalue weighted by Gasteiger charge is 2.24. The van der Waals surface area contributed by atoms with E-state index >= 15 is 0 Å². The third kappa shape index (κ3) is 2.10. The molecule has 0 radical (unpaired) electrons. The quantitative estimate of drug-likeness (QED) is 0.373. The van der Waals surface area contributed by atoms with E-state index in [1.807, 2.05) is 44.2 Å². The second-order valence-electron chi connectivity index (χ2n) is 3.61. The van der Waals surface area contributed by atoms with Gasteiger partial charge in [-0.1, -0.05) is 30.3 Å². The SMILES string of the molecule is CC(C)(NN)/C(=N\N)c1ccccc1. The highest BCUT2D eigenvalue weighted by molar-refractivity contribution is 6.06. The number of hydrazone groups is 1. The number of nitrogens with two attached hydrogens (primary N) is 2. The predicted octanol–water partition coefficient (Wildman–Crippen LogP) is 0.591. The van der Waals surface area contributed by atoms with E-state index in [2.05, 4.69) is 10.5 Å². The molecule has 0 saturated carbocycles. The Hall–Kier alpha value is -1.39. The molecule has 0 saturated heterocycles. The summed E-state index contributed by atoms with van der Waals surface area (Å²) in [4.78, 5) is 0. The van der Waals surface area contributed by atoms with E-state index in [1.54, 1.807) is 0 Å². The number of hydrazine groups is 1. The van der Waals surface area contributed by atoms with Crippen molar-refractivity contribution in [3.8, 4) is 0 Å². The predicted molar refractivity (Wildman–Crippen MR) is 58.6 cm³/mol. The first-order valence-corrected chi connectivity index (χ1v) is 4.43. The summed E-state index contributed by atoms with van der Waals surface area (Å²) in [6.45, 7) is 3.84. The lowest BCUT2D eigenvalue weighted by Crippen LogP contribution is -2.51. The second kappa shape index (κ2) is 4.21. The van der Waals surface area contributed by atoms with Gasteiger partial charge in [-0.2, -0.15) is 5.10 Å². The van der Waals surface area contributed by atoms with Crippen LogP contribution in [-0.2, 0) is 0 Å². The lowest BCUT2D eigenvalue weighted by Gasteiger charge is -2.25. The van der Waals surface area contributed by atoms with Crippen molar-refractivity contribution >= 4 is 5.71 Å². The topological polar surface area (TPSA) is 76.4 Å². The van der Waals surface area contributed by atoms with Gasteiger partial charge in [0.2, 0.25) is 0 Å². The second-order valence-corrected chi connectivity index (χ2v) is 3.61. The molecule has 0 atom stereocenters. The van der Waals surface area contributed by atoms with Crippen LogP contribution in [0.4, 0.5) is 0 Å². The molecule has 4 nitrogen and oxygen atoms in total. The molecule has 0 unspecified atom stereocenters. The van der Waals surface area contributed by atoms with Gasteiger partial charge in [0, 0.05) is 0 Å². The maximum Gasteiger partial charge on any atom is 0.0880 e. The molecule has 0 fully saturated rings. The van der Waals surface area contributed by atoms with E-state index < -0.39 is 5.54 Å². The van der Waals surface area contributed by atoms with E-state index in [0.717, 1.165) is 11.3 Å². The largest absolute Gasteiger partial charge is 0.323 e. The summed E-state index contributed by atoms with van der Waals surface area (Å²) in [6, 6.07) is 9.72. The van der Waals surface area contributed by atoms with Gasteiger partial charge in [-0.05, 0) is 19.4 Å². The minimum Gasteiger partial charge on any atom is -0.323 e. The molecule has 0 aliphatic rings. The molecule has 1 rings (SSSR count). The van der Waals surface area contributed by atoms with Gasteiger partial charge >= 0.3 is 0 Å². The highest BCUT2D eigenvalue weighted by atomic mass is 15.3. The van der Waals surface area contributed by atoms with Gasteiger partial charge < -0.3 is 5.84 Å². The van der Waals surface area contributed by atoms with Gasteiger partial charge in [0.05, 0.1) is 11.3 Å². The molecule has 0 amide bonds. The molecule has 0 aliphatic carbocycles. The van der Waals surface area contributed by atoms with Crippen LogP contribution in [0.3, 0.4) is 0 Å². The summed E-state index contributed by atoms with van der Waals surface area (Å²) in [6.07, 6.45) is 0.